The molecule has 68 heavy (non-hydrogen) atoms. The third-order valence-electron chi connectivity index (χ3n) is 11.2. The Morgan fingerprint density at radius 3 is 1.99 bits per heavy atom. The van der Waals surface area contributed by atoms with E-state index in [0.717, 1.165) is 21.6 Å². The topological polar surface area (TPSA) is 400 Å². The van der Waals surface area contributed by atoms with Crippen LogP contribution < -0.4 is 60.2 Å². The molecule has 24 nitrogen and oxygen atoms in total. The summed E-state index contributed by atoms with van der Waals surface area (Å²) in [6.07, 6.45) is -0.876. The number of rotatable bonds is 16. The Kier molecular flexibility index (Phi) is 22.3. The molecule has 0 saturated carbocycles. The van der Waals surface area contributed by atoms with Gasteiger partial charge < -0.3 is 70.2 Å². The molecule has 0 bridgehead atoms. The number of phenols is 1. The van der Waals surface area contributed by atoms with Gasteiger partial charge in [0.1, 0.15) is 48.0 Å². The van der Waals surface area contributed by atoms with Crippen LogP contribution in [-0.2, 0) is 59.2 Å². The van der Waals surface area contributed by atoms with Gasteiger partial charge in [-0.25, -0.2) is 0 Å². The van der Waals surface area contributed by atoms with E-state index in [-0.39, 0.29) is 36.6 Å². The summed E-state index contributed by atoms with van der Waals surface area (Å²) in [7, 11) is 2.04. The number of phenolic OH excluding ortho intramolecular Hbond substituents is 1. The molecule has 0 aromatic heterocycles. The highest BCUT2D eigenvalue weighted by atomic mass is 33.1. The molecule has 0 radical (unpaired) electrons. The molecule has 2 heterocycles. The first-order chi connectivity index (χ1) is 32.0. The van der Waals surface area contributed by atoms with Crippen LogP contribution >= 0.6 is 21.6 Å². The van der Waals surface area contributed by atoms with Crippen molar-refractivity contribution in [2.24, 2.45) is 34.8 Å². The van der Waals surface area contributed by atoms with Crippen molar-refractivity contribution < 1.29 is 57.8 Å². The molecule has 26 heteroatoms. The zero-order chi connectivity index (χ0) is 50.8. The maximum atomic E-state index is 14.4. The molecule has 16 N–H and O–H groups in total. The van der Waals surface area contributed by atoms with E-state index in [2.05, 4.69) is 37.2 Å². The molecule has 9 atom stereocenters. The van der Waals surface area contributed by atoms with Gasteiger partial charge in [0.25, 0.3) is 0 Å². The molecule has 376 valence electrons. The van der Waals surface area contributed by atoms with Gasteiger partial charge in [0, 0.05) is 30.9 Å². The molecular formula is C42H64N12O12S2. The predicted octanol–water partition coefficient (Wildman–Crippen LogP) is -4.00. The fraction of sp³-hybridized carbons (Fsp3) is 0.595. The maximum absolute atomic E-state index is 14.4. The van der Waals surface area contributed by atoms with Gasteiger partial charge in [-0.2, -0.15) is 0 Å². The fourth-order valence-electron chi connectivity index (χ4n) is 7.14. The Bertz CT molecular complexity index is 2030. The Morgan fingerprint density at radius 1 is 0.779 bits per heavy atom. The van der Waals surface area contributed by atoms with Crippen molar-refractivity contribution >= 4 is 86.6 Å². The number of benzene rings is 1. The first kappa shape index (κ1) is 56.2. The standard InChI is InChI=1S/C42H64N12O12S2/c1-5-21(4)34-41(65)48-25(12-13-30(44)56)36(60)50-27(16-31(45)57)37(61)51-28(42(66)54-14-6-7-29(54)39(63)52-33(20(2)3)40(64)47-17-32(46)58)19-68-67-18-24(43)35(59)49-26(38(62)53-34)15-22-8-10-23(55)11-9-22/h8-11,20-21,24-29,33-34,55H,5-7,12-19,43H2,1-4H3,(H2,44,56)(H2,45,57)(H2,46,58)(H,47,64)(H,48,65)(H,49,59)(H,50,60)(H,51,61)(H,52,63)(H,53,62)/t21-,24-,25-,26-,27-,28-,29-,33-,34-/m0/s1. The van der Waals surface area contributed by atoms with Crippen LogP contribution in [0.3, 0.4) is 0 Å². The third-order valence-corrected chi connectivity index (χ3v) is 13.6. The normalized spacial score (nSPS) is 24.5. The number of carbonyl (C=O) groups is 11. The quantitative estimate of drug-likeness (QED) is 0.0703. The van der Waals surface area contributed by atoms with Gasteiger partial charge in [-0.05, 0) is 48.8 Å². The maximum Gasteiger partial charge on any atom is 0.246 e. The van der Waals surface area contributed by atoms with Gasteiger partial charge in [0.15, 0.2) is 0 Å². The third kappa shape index (κ3) is 17.5. The van der Waals surface area contributed by atoms with E-state index >= 15 is 0 Å². The number of nitrogens with two attached hydrogens (primary N) is 4. The summed E-state index contributed by atoms with van der Waals surface area (Å²) in [6, 6.07) is -5.08. The first-order valence-corrected chi connectivity index (χ1v) is 24.5. The molecule has 2 fully saturated rings. The molecule has 0 aliphatic carbocycles. The van der Waals surface area contributed by atoms with Crippen LogP contribution in [0.2, 0.25) is 0 Å². The molecule has 1 aromatic carbocycles. The van der Waals surface area contributed by atoms with E-state index in [4.69, 9.17) is 22.9 Å². The summed E-state index contributed by atoms with van der Waals surface area (Å²) in [5.41, 5.74) is 22.9. The van der Waals surface area contributed by atoms with Crippen molar-refractivity contribution in [3.05, 3.63) is 29.8 Å². The number of nitrogens with zero attached hydrogens (tertiary/aromatic N) is 1. The van der Waals surface area contributed by atoms with E-state index in [9.17, 15) is 57.8 Å². The molecule has 2 saturated heterocycles. The lowest BCUT2D eigenvalue weighted by atomic mass is 9.96. The minimum Gasteiger partial charge on any atom is -0.508 e. The number of nitrogens with one attached hydrogen (secondary N) is 7. The van der Waals surface area contributed by atoms with Crippen LogP contribution in [0.15, 0.2) is 24.3 Å². The van der Waals surface area contributed by atoms with E-state index in [1.54, 1.807) is 27.7 Å². The molecule has 2 aliphatic heterocycles. The second-order valence-corrected chi connectivity index (χ2v) is 19.5. The van der Waals surface area contributed by atoms with Crippen LogP contribution in [0, 0.1) is 11.8 Å². The van der Waals surface area contributed by atoms with Crippen molar-refractivity contribution in [1.29, 1.82) is 0 Å². The summed E-state index contributed by atoms with van der Waals surface area (Å²) in [4.78, 5) is 148. The van der Waals surface area contributed by atoms with Crippen LogP contribution in [0.25, 0.3) is 0 Å². The highest BCUT2D eigenvalue weighted by Gasteiger charge is 2.41. The van der Waals surface area contributed by atoms with Crippen LogP contribution in [0.5, 0.6) is 5.75 Å². The van der Waals surface area contributed by atoms with Crippen LogP contribution in [-0.4, -0.2) is 148 Å². The molecule has 2 aliphatic rings. The van der Waals surface area contributed by atoms with Gasteiger partial charge in [-0.1, -0.05) is 67.8 Å². The minimum atomic E-state index is -1.75. The van der Waals surface area contributed by atoms with Crippen molar-refractivity contribution in [1.82, 2.24) is 42.1 Å². The fourth-order valence-corrected chi connectivity index (χ4v) is 9.42. The number of hydrogen-bond acceptors (Lipinski definition) is 15. The average molecular weight is 993 g/mol. The number of carbonyl (C=O) groups excluding carboxylic acids is 11. The molecular weight excluding hydrogens is 929 g/mol. The minimum absolute atomic E-state index is 0.0472. The van der Waals surface area contributed by atoms with Gasteiger partial charge in [0.2, 0.25) is 65.0 Å². The summed E-state index contributed by atoms with van der Waals surface area (Å²) < 4.78 is 0. The predicted molar refractivity (Wildman–Crippen MR) is 250 cm³/mol. The summed E-state index contributed by atoms with van der Waals surface area (Å²) in [5, 5.41) is 27.6. The van der Waals surface area contributed by atoms with Crippen molar-refractivity contribution in [3.63, 3.8) is 0 Å². The Balaban J connectivity index is 2.05. The first-order valence-electron chi connectivity index (χ1n) is 22.1. The van der Waals surface area contributed by atoms with Crippen molar-refractivity contribution in [2.75, 3.05) is 24.6 Å². The molecule has 3 rings (SSSR count). The Hall–Kier alpha value is -6.15. The van der Waals surface area contributed by atoms with Crippen molar-refractivity contribution in [2.45, 2.75) is 121 Å². The highest BCUT2D eigenvalue weighted by Crippen LogP contribution is 2.26. The van der Waals surface area contributed by atoms with E-state index in [1.165, 1.54) is 29.2 Å². The van der Waals surface area contributed by atoms with Gasteiger partial charge in [0.05, 0.1) is 19.0 Å². The largest absolute Gasteiger partial charge is 0.508 e. The zero-order valence-electron chi connectivity index (χ0n) is 38.4. The number of likely N-dealkylation sites (tertiary alicyclic amines) is 1. The summed E-state index contributed by atoms with van der Waals surface area (Å²) in [5.74, 6) is -10.8. The smallest absolute Gasteiger partial charge is 0.246 e. The monoisotopic (exact) mass is 992 g/mol. The molecule has 0 spiro atoms. The number of amides is 11. The molecule has 0 unspecified atom stereocenters. The van der Waals surface area contributed by atoms with Crippen LogP contribution in [0.4, 0.5) is 0 Å². The number of hydrogen-bond donors (Lipinski definition) is 12. The second-order valence-electron chi connectivity index (χ2n) is 16.9. The average Bonchev–Trinajstić information content (AvgIpc) is 3.78. The van der Waals surface area contributed by atoms with Gasteiger partial charge >= 0.3 is 0 Å². The summed E-state index contributed by atoms with van der Waals surface area (Å²) in [6.45, 7) is 6.27. The second kappa shape index (κ2) is 27.0. The van der Waals surface area contributed by atoms with Crippen LogP contribution in [0.1, 0.15) is 71.8 Å². The van der Waals surface area contributed by atoms with Gasteiger partial charge in [-0.3, -0.25) is 52.7 Å². The Morgan fingerprint density at radius 2 is 1.38 bits per heavy atom. The Labute approximate surface area is 401 Å². The molecule has 11 amide bonds. The summed E-state index contributed by atoms with van der Waals surface area (Å²) >= 11 is 0. The molecule has 1 aromatic rings. The van der Waals surface area contributed by atoms with Crippen molar-refractivity contribution in [3.8, 4) is 5.75 Å². The lowest BCUT2D eigenvalue weighted by Gasteiger charge is -2.31. The van der Waals surface area contributed by atoms with E-state index in [0.29, 0.717) is 18.4 Å². The zero-order valence-corrected chi connectivity index (χ0v) is 40.0. The SMILES string of the molecule is CC[C@H](C)[C@@H]1NC(=O)[C@H](Cc2ccc(O)cc2)NC(=O)[C@@H](N)CSSC[C@@H](C(=O)N2CCC[C@H]2C(=O)N[C@H](C(=O)NCC(N)=O)C(C)C)NC(=O)[C@H](CC(N)=O)NC(=O)[C@H](CCC(N)=O)NC1=O. The lowest BCUT2D eigenvalue weighted by Crippen LogP contribution is -2.61. The lowest BCUT2D eigenvalue weighted by molar-refractivity contribution is -0.142. The number of aromatic hydroxyl groups is 1. The number of primary amides is 3. The van der Waals surface area contributed by atoms with E-state index < -0.39 is 151 Å². The van der Waals surface area contributed by atoms with E-state index in [1.807, 2.05) is 0 Å². The van der Waals surface area contributed by atoms with Gasteiger partial charge in [-0.15, -0.1) is 0 Å². The highest BCUT2D eigenvalue weighted by molar-refractivity contribution is 8.76.